The van der Waals surface area contributed by atoms with Crippen LogP contribution in [0.15, 0.2) is 0 Å². The lowest BCUT2D eigenvalue weighted by atomic mass is 9.67. The summed E-state index contributed by atoms with van der Waals surface area (Å²) in [6.45, 7) is 4.88. The first-order chi connectivity index (χ1) is 6.87. The Labute approximate surface area is 92.4 Å². The van der Waals surface area contributed by atoms with E-state index in [9.17, 15) is 0 Å². The van der Waals surface area contributed by atoms with E-state index in [1.54, 1.807) is 0 Å². The second-order valence-corrected chi connectivity index (χ2v) is 6.06. The van der Waals surface area contributed by atoms with E-state index in [1.807, 2.05) is 0 Å². The molecule has 2 heteroatoms. The smallest absolute Gasteiger partial charge is 0.000719 e. The zero-order valence-electron chi connectivity index (χ0n) is 9.35. The Balaban J connectivity index is 2.02. The van der Waals surface area contributed by atoms with Crippen molar-refractivity contribution in [1.82, 2.24) is 5.32 Å². The molecule has 14 heavy (non-hydrogen) atoms. The molecule has 0 aromatic rings. The molecule has 0 aliphatic carbocycles. The van der Waals surface area contributed by atoms with E-state index >= 15 is 0 Å². The summed E-state index contributed by atoms with van der Waals surface area (Å²) < 4.78 is 0. The number of hydrogen-bond donors (Lipinski definition) is 1. The van der Waals surface area contributed by atoms with Crippen LogP contribution in [-0.4, -0.2) is 24.6 Å². The van der Waals surface area contributed by atoms with Crippen molar-refractivity contribution >= 4 is 11.8 Å². The lowest BCUT2D eigenvalue weighted by Crippen LogP contribution is -2.47. The van der Waals surface area contributed by atoms with Gasteiger partial charge in [0.25, 0.3) is 0 Å². The minimum atomic E-state index is 0.726. The summed E-state index contributed by atoms with van der Waals surface area (Å²) in [7, 11) is 0. The highest BCUT2D eigenvalue weighted by molar-refractivity contribution is 7.99. The predicted molar refractivity (Wildman–Crippen MR) is 64.9 cm³/mol. The quantitative estimate of drug-likeness (QED) is 0.757. The summed E-state index contributed by atoms with van der Waals surface area (Å²) in [6, 6.07) is 0. The minimum absolute atomic E-state index is 0.726. The van der Waals surface area contributed by atoms with Gasteiger partial charge < -0.3 is 5.32 Å². The van der Waals surface area contributed by atoms with Gasteiger partial charge in [0.2, 0.25) is 0 Å². The molecule has 2 aliphatic heterocycles. The van der Waals surface area contributed by atoms with Gasteiger partial charge in [0.05, 0.1) is 0 Å². The van der Waals surface area contributed by atoms with E-state index in [-0.39, 0.29) is 0 Å². The highest BCUT2D eigenvalue weighted by Gasteiger charge is 2.40. The van der Waals surface area contributed by atoms with Gasteiger partial charge in [-0.3, -0.25) is 0 Å². The highest BCUT2D eigenvalue weighted by Crippen LogP contribution is 2.46. The number of thioether (sulfide) groups is 1. The third kappa shape index (κ3) is 2.11. The molecular formula is C12H23NS. The van der Waals surface area contributed by atoms with Crippen molar-refractivity contribution < 1.29 is 0 Å². The fraction of sp³-hybridized carbons (Fsp3) is 1.00. The molecule has 0 radical (unpaired) electrons. The molecule has 0 aromatic carbocycles. The van der Waals surface area contributed by atoms with E-state index in [2.05, 4.69) is 24.0 Å². The van der Waals surface area contributed by atoms with Crippen molar-refractivity contribution in [2.45, 2.75) is 39.0 Å². The van der Waals surface area contributed by atoms with Crippen molar-refractivity contribution in [3.8, 4) is 0 Å². The molecular weight excluding hydrogens is 190 g/mol. The van der Waals surface area contributed by atoms with E-state index in [0.29, 0.717) is 0 Å². The van der Waals surface area contributed by atoms with Crippen LogP contribution in [0.25, 0.3) is 0 Å². The summed E-state index contributed by atoms with van der Waals surface area (Å²) in [4.78, 5) is 0. The molecule has 0 amide bonds. The van der Waals surface area contributed by atoms with Crippen LogP contribution in [0.2, 0.25) is 0 Å². The summed E-state index contributed by atoms with van der Waals surface area (Å²) >= 11 is 2.20. The Kier molecular flexibility index (Phi) is 3.78. The third-order valence-corrected chi connectivity index (χ3v) is 5.40. The van der Waals surface area contributed by atoms with Gasteiger partial charge in [-0.1, -0.05) is 13.3 Å². The molecule has 82 valence electrons. The van der Waals surface area contributed by atoms with Crippen molar-refractivity contribution in [3.05, 3.63) is 0 Å². The Bertz CT molecular complexity index is 165. The largest absolute Gasteiger partial charge is 0.316 e. The molecule has 2 aliphatic rings. The molecule has 0 aromatic heterocycles. The molecule has 1 spiro atoms. The highest BCUT2D eigenvalue weighted by atomic mass is 32.2. The minimum Gasteiger partial charge on any atom is -0.316 e. The maximum atomic E-state index is 3.58. The number of rotatable bonds is 2. The SMILES string of the molecule is CCCC1CNCCC12CCCSC2. The zero-order chi connectivity index (χ0) is 9.86. The van der Waals surface area contributed by atoms with Crippen LogP contribution >= 0.6 is 11.8 Å². The first-order valence-corrected chi connectivity index (χ1v) is 7.31. The van der Waals surface area contributed by atoms with E-state index < -0.39 is 0 Å². The Morgan fingerprint density at radius 1 is 1.43 bits per heavy atom. The summed E-state index contributed by atoms with van der Waals surface area (Å²) in [5.74, 6) is 3.82. The lowest BCUT2D eigenvalue weighted by molar-refractivity contribution is 0.111. The Morgan fingerprint density at radius 2 is 2.36 bits per heavy atom. The maximum Gasteiger partial charge on any atom is -0.000719 e. The molecule has 2 fully saturated rings. The van der Waals surface area contributed by atoms with Crippen LogP contribution in [0.1, 0.15) is 39.0 Å². The van der Waals surface area contributed by atoms with Gasteiger partial charge in [0.1, 0.15) is 0 Å². The molecule has 2 rings (SSSR count). The van der Waals surface area contributed by atoms with E-state index in [4.69, 9.17) is 0 Å². The fourth-order valence-electron chi connectivity index (χ4n) is 3.18. The maximum absolute atomic E-state index is 3.58. The number of hydrogen-bond acceptors (Lipinski definition) is 2. The molecule has 1 N–H and O–H groups in total. The Morgan fingerprint density at radius 3 is 3.07 bits per heavy atom. The van der Waals surface area contributed by atoms with Gasteiger partial charge in [-0.25, -0.2) is 0 Å². The summed E-state index contributed by atoms with van der Waals surface area (Å²) in [5, 5.41) is 3.58. The average molecular weight is 213 g/mol. The average Bonchev–Trinajstić information content (AvgIpc) is 2.23. The molecule has 2 heterocycles. The molecule has 0 bridgehead atoms. The zero-order valence-corrected chi connectivity index (χ0v) is 10.2. The monoisotopic (exact) mass is 213 g/mol. The van der Waals surface area contributed by atoms with Gasteiger partial charge in [0.15, 0.2) is 0 Å². The normalized spacial score (nSPS) is 38.8. The van der Waals surface area contributed by atoms with Crippen molar-refractivity contribution in [2.24, 2.45) is 11.3 Å². The first kappa shape index (κ1) is 10.8. The number of nitrogens with one attached hydrogen (secondary N) is 1. The molecule has 1 nitrogen and oxygen atoms in total. The second kappa shape index (κ2) is 4.89. The fourth-order valence-corrected chi connectivity index (χ4v) is 4.61. The molecule has 2 saturated heterocycles. The van der Waals surface area contributed by atoms with Gasteiger partial charge in [-0.2, -0.15) is 11.8 Å². The van der Waals surface area contributed by atoms with Crippen molar-refractivity contribution in [2.75, 3.05) is 24.6 Å². The summed E-state index contributed by atoms with van der Waals surface area (Å²) in [6.07, 6.45) is 7.20. The Hall–Kier alpha value is 0.310. The topological polar surface area (TPSA) is 12.0 Å². The van der Waals surface area contributed by atoms with Gasteiger partial charge >= 0.3 is 0 Å². The summed E-state index contributed by atoms with van der Waals surface area (Å²) in [5.41, 5.74) is 0.726. The van der Waals surface area contributed by atoms with Crippen molar-refractivity contribution in [1.29, 1.82) is 0 Å². The van der Waals surface area contributed by atoms with Crippen LogP contribution in [0.3, 0.4) is 0 Å². The van der Waals surface area contributed by atoms with Crippen LogP contribution in [0.5, 0.6) is 0 Å². The van der Waals surface area contributed by atoms with Gasteiger partial charge in [0, 0.05) is 0 Å². The van der Waals surface area contributed by atoms with Crippen LogP contribution in [0.4, 0.5) is 0 Å². The van der Waals surface area contributed by atoms with Crippen LogP contribution in [-0.2, 0) is 0 Å². The lowest BCUT2D eigenvalue weighted by Gasteiger charge is -2.47. The molecule has 2 unspecified atom stereocenters. The predicted octanol–water partition coefficient (Wildman–Crippen LogP) is 2.91. The van der Waals surface area contributed by atoms with E-state index in [0.717, 1.165) is 11.3 Å². The van der Waals surface area contributed by atoms with Gasteiger partial charge in [-0.15, -0.1) is 0 Å². The van der Waals surface area contributed by atoms with Crippen LogP contribution in [0, 0.1) is 11.3 Å². The number of piperidine rings is 1. The van der Waals surface area contributed by atoms with Crippen molar-refractivity contribution in [3.63, 3.8) is 0 Å². The second-order valence-electron chi connectivity index (χ2n) is 4.96. The first-order valence-electron chi connectivity index (χ1n) is 6.16. The molecule has 0 saturated carbocycles. The van der Waals surface area contributed by atoms with Gasteiger partial charge in [-0.05, 0) is 61.6 Å². The molecule has 2 atom stereocenters. The standard InChI is InChI=1S/C12H23NS/c1-2-4-11-9-13-7-6-12(11)5-3-8-14-10-12/h11,13H,2-10H2,1H3. The third-order valence-electron chi connectivity index (χ3n) is 4.05. The van der Waals surface area contributed by atoms with Crippen LogP contribution < -0.4 is 5.32 Å². The van der Waals surface area contributed by atoms with E-state index in [1.165, 1.54) is 56.7 Å².